The Bertz CT molecular complexity index is 313. The van der Waals surface area contributed by atoms with Crippen molar-refractivity contribution in [3.63, 3.8) is 0 Å². The predicted molar refractivity (Wildman–Crippen MR) is 60.9 cm³/mol. The summed E-state index contributed by atoms with van der Waals surface area (Å²) in [6, 6.07) is 0. The Labute approximate surface area is 90.7 Å². The number of nitrogens with two attached hydrogens (primary N) is 1. The van der Waals surface area contributed by atoms with Crippen LogP contribution in [0.4, 0.5) is 5.95 Å². The lowest BCUT2D eigenvalue weighted by molar-refractivity contribution is 0.769. The van der Waals surface area contributed by atoms with Crippen LogP contribution >= 0.6 is 0 Å². The molecular formula is C10H19N5. The molecule has 0 amide bonds. The quantitative estimate of drug-likeness (QED) is 0.760. The van der Waals surface area contributed by atoms with Crippen LogP contribution in [0.2, 0.25) is 0 Å². The third-order valence-corrected chi connectivity index (χ3v) is 2.30. The number of rotatable bonds is 5. The number of hydrogen-bond acceptors (Lipinski definition) is 5. The van der Waals surface area contributed by atoms with Crippen molar-refractivity contribution in [2.75, 3.05) is 25.0 Å². The standard InChI is InChI=1S/C10H19N5/c1-4-8-9(5-2)13-14-10(12-8)15(3)7-6-11/h4-7,11H2,1-3H3. The van der Waals surface area contributed by atoms with Crippen molar-refractivity contribution in [1.29, 1.82) is 0 Å². The molecule has 0 aromatic carbocycles. The third kappa shape index (κ3) is 2.86. The maximum absolute atomic E-state index is 5.48. The number of likely N-dealkylation sites (N-methyl/N-ethyl adjacent to an activating group) is 1. The average Bonchev–Trinajstić information content (AvgIpc) is 2.28. The van der Waals surface area contributed by atoms with Gasteiger partial charge in [-0.2, -0.15) is 5.10 Å². The average molecular weight is 209 g/mol. The lowest BCUT2D eigenvalue weighted by Gasteiger charge is -2.16. The highest BCUT2D eigenvalue weighted by molar-refractivity contribution is 5.28. The molecule has 5 nitrogen and oxygen atoms in total. The van der Waals surface area contributed by atoms with E-state index in [0.29, 0.717) is 12.5 Å². The van der Waals surface area contributed by atoms with E-state index in [2.05, 4.69) is 29.0 Å². The minimum atomic E-state index is 0.594. The molecule has 0 saturated carbocycles. The molecule has 84 valence electrons. The van der Waals surface area contributed by atoms with E-state index in [0.717, 1.165) is 30.8 Å². The Balaban J connectivity index is 2.92. The van der Waals surface area contributed by atoms with Gasteiger partial charge in [0, 0.05) is 20.1 Å². The lowest BCUT2D eigenvalue weighted by atomic mass is 10.2. The Kier molecular flexibility index (Phi) is 4.42. The van der Waals surface area contributed by atoms with Gasteiger partial charge in [0.15, 0.2) is 0 Å². The van der Waals surface area contributed by atoms with E-state index in [1.54, 1.807) is 0 Å². The minimum Gasteiger partial charge on any atom is -0.341 e. The first kappa shape index (κ1) is 11.8. The molecule has 0 spiro atoms. The van der Waals surface area contributed by atoms with E-state index in [-0.39, 0.29) is 0 Å². The molecule has 0 bridgehead atoms. The zero-order valence-electron chi connectivity index (χ0n) is 9.69. The van der Waals surface area contributed by atoms with E-state index < -0.39 is 0 Å². The lowest BCUT2D eigenvalue weighted by Crippen LogP contribution is -2.27. The second kappa shape index (κ2) is 5.60. The van der Waals surface area contributed by atoms with Gasteiger partial charge in [-0.05, 0) is 12.8 Å². The molecule has 0 fully saturated rings. The van der Waals surface area contributed by atoms with Gasteiger partial charge in [0.25, 0.3) is 0 Å². The molecule has 0 unspecified atom stereocenters. The van der Waals surface area contributed by atoms with E-state index in [4.69, 9.17) is 5.73 Å². The molecular weight excluding hydrogens is 190 g/mol. The van der Waals surface area contributed by atoms with Gasteiger partial charge in [0.2, 0.25) is 5.95 Å². The second-order valence-electron chi connectivity index (χ2n) is 3.42. The van der Waals surface area contributed by atoms with Crippen LogP contribution in [0.25, 0.3) is 0 Å². The van der Waals surface area contributed by atoms with Gasteiger partial charge in [0.05, 0.1) is 11.4 Å². The van der Waals surface area contributed by atoms with Gasteiger partial charge in [-0.15, -0.1) is 5.10 Å². The number of nitrogens with zero attached hydrogens (tertiary/aromatic N) is 4. The highest BCUT2D eigenvalue weighted by Crippen LogP contribution is 2.08. The Morgan fingerprint density at radius 3 is 2.33 bits per heavy atom. The van der Waals surface area contributed by atoms with Crippen molar-refractivity contribution < 1.29 is 0 Å². The van der Waals surface area contributed by atoms with Gasteiger partial charge < -0.3 is 10.6 Å². The molecule has 0 saturated heterocycles. The Morgan fingerprint density at radius 1 is 1.13 bits per heavy atom. The van der Waals surface area contributed by atoms with Crippen LogP contribution in [0, 0.1) is 0 Å². The van der Waals surface area contributed by atoms with Crippen molar-refractivity contribution in [2.45, 2.75) is 26.7 Å². The van der Waals surface area contributed by atoms with E-state index >= 15 is 0 Å². The summed E-state index contributed by atoms with van der Waals surface area (Å²) in [7, 11) is 1.93. The summed E-state index contributed by atoms with van der Waals surface area (Å²) in [5, 5.41) is 8.26. The van der Waals surface area contributed by atoms with Crippen LogP contribution < -0.4 is 10.6 Å². The Morgan fingerprint density at radius 2 is 1.80 bits per heavy atom. The SMILES string of the molecule is CCc1nnc(N(C)CCN)nc1CC. The fraction of sp³-hybridized carbons (Fsp3) is 0.700. The smallest absolute Gasteiger partial charge is 0.245 e. The third-order valence-electron chi connectivity index (χ3n) is 2.30. The number of aromatic nitrogens is 3. The summed E-state index contributed by atoms with van der Waals surface area (Å²) in [5.41, 5.74) is 7.50. The molecule has 0 aliphatic carbocycles. The van der Waals surface area contributed by atoms with E-state index in [9.17, 15) is 0 Å². The summed E-state index contributed by atoms with van der Waals surface area (Å²) < 4.78 is 0. The topological polar surface area (TPSA) is 67.9 Å². The molecule has 2 N–H and O–H groups in total. The van der Waals surface area contributed by atoms with Crippen LogP contribution in [0.5, 0.6) is 0 Å². The number of aryl methyl sites for hydroxylation is 2. The molecule has 1 aromatic heterocycles. The van der Waals surface area contributed by atoms with Crippen molar-refractivity contribution in [3.05, 3.63) is 11.4 Å². The van der Waals surface area contributed by atoms with E-state index in [1.165, 1.54) is 0 Å². The van der Waals surface area contributed by atoms with Crippen LogP contribution in [0.3, 0.4) is 0 Å². The number of hydrogen-bond donors (Lipinski definition) is 1. The summed E-state index contributed by atoms with van der Waals surface area (Å²) >= 11 is 0. The van der Waals surface area contributed by atoms with Gasteiger partial charge >= 0.3 is 0 Å². The zero-order chi connectivity index (χ0) is 11.3. The summed E-state index contributed by atoms with van der Waals surface area (Å²) in [5.74, 6) is 0.662. The maximum Gasteiger partial charge on any atom is 0.245 e. The molecule has 1 aromatic rings. The van der Waals surface area contributed by atoms with Crippen molar-refractivity contribution in [3.8, 4) is 0 Å². The monoisotopic (exact) mass is 209 g/mol. The minimum absolute atomic E-state index is 0.594. The molecule has 0 aliphatic heterocycles. The normalized spacial score (nSPS) is 10.4. The van der Waals surface area contributed by atoms with Crippen LogP contribution in [0.15, 0.2) is 0 Å². The van der Waals surface area contributed by atoms with E-state index in [1.807, 2.05) is 11.9 Å². The molecule has 1 heterocycles. The number of anilines is 1. The van der Waals surface area contributed by atoms with Gasteiger partial charge in [-0.25, -0.2) is 4.98 Å². The molecule has 5 heteroatoms. The predicted octanol–water partition coefficient (Wildman–Crippen LogP) is 0.391. The molecule has 15 heavy (non-hydrogen) atoms. The first-order valence-corrected chi connectivity index (χ1v) is 5.36. The van der Waals surface area contributed by atoms with Gasteiger partial charge in [-0.3, -0.25) is 0 Å². The van der Waals surface area contributed by atoms with Crippen LogP contribution in [-0.2, 0) is 12.8 Å². The first-order valence-electron chi connectivity index (χ1n) is 5.36. The van der Waals surface area contributed by atoms with Gasteiger partial charge in [0.1, 0.15) is 0 Å². The van der Waals surface area contributed by atoms with Crippen LogP contribution in [-0.4, -0.2) is 35.3 Å². The Hall–Kier alpha value is -1.23. The molecule has 0 aliphatic rings. The zero-order valence-corrected chi connectivity index (χ0v) is 9.69. The molecule has 0 atom stereocenters. The molecule has 0 radical (unpaired) electrons. The maximum atomic E-state index is 5.48. The summed E-state index contributed by atoms with van der Waals surface area (Å²) in [4.78, 5) is 6.40. The van der Waals surface area contributed by atoms with Gasteiger partial charge in [-0.1, -0.05) is 13.8 Å². The first-order chi connectivity index (χ1) is 7.22. The summed E-state index contributed by atoms with van der Waals surface area (Å²) in [6.45, 7) is 5.48. The fourth-order valence-corrected chi connectivity index (χ4v) is 1.38. The second-order valence-corrected chi connectivity index (χ2v) is 3.42. The largest absolute Gasteiger partial charge is 0.341 e. The van der Waals surface area contributed by atoms with Crippen molar-refractivity contribution in [1.82, 2.24) is 15.2 Å². The molecule has 1 rings (SSSR count). The van der Waals surface area contributed by atoms with Crippen molar-refractivity contribution >= 4 is 5.95 Å². The summed E-state index contributed by atoms with van der Waals surface area (Å²) in [6.07, 6.45) is 1.77. The highest BCUT2D eigenvalue weighted by Gasteiger charge is 2.08. The fourth-order valence-electron chi connectivity index (χ4n) is 1.38. The van der Waals surface area contributed by atoms with Crippen molar-refractivity contribution in [2.24, 2.45) is 5.73 Å². The highest BCUT2D eigenvalue weighted by atomic mass is 15.3. The van der Waals surface area contributed by atoms with Crippen LogP contribution in [0.1, 0.15) is 25.2 Å².